The number of ether oxygens (including phenoxy) is 1. The number of alkyl carbamates (subject to hydrolysis) is 1. The molecule has 2 aliphatic heterocycles. The number of benzene rings is 3. The average molecular weight is 837 g/mol. The molecule has 12 nitrogen and oxygen atoms in total. The highest BCUT2D eigenvalue weighted by Gasteiger charge is 2.42. The van der Waals surface area contributed by atoms with Crippen LogP contribution in [-0.2, 0) is 27.2 Å². The van der Waals surface area contributed by atoms with Gasteiger partial charge in [0.25, 0.3) is 0 Å². The number of carbonyl (C=O) groups is 3. The van der Waals surface area contributed by atoms with Crippen molar-refractivity contribution >= 4 is 28.9 Å². The number of amides is 3. The molecule has 0 bridgehead atoms. The van der Waals surface area contributed by atoms with Crippen LogP contribution in [0.2, 0.25) is 0 Å². The number of aromatic amines is 2. The molecule has 12 heteroatoms. The van der Waals surface area contributed by atoms with Crippen molar-refractivity contribution in [2.75, 3.05) is 27.2 Å². The number of aromatic nitrogens is 4. The van der Waals surface area contributed by atoms with Gasteiger partial charge in [-0.3, -0.25) is 9.59 Å². The number of hydrogen-bond acceptors (Lipinski definition) is 7. The first-order valence-electron chi connectivity index (χ1n) is 22.6. The Morgan fingerprint density at radius 1 is 0.806 bits per heavy atom. The van der Waals surface area contributed by atoms with Gasteiger partial charge in [-0.15, -0.1) is 0 Å². The summed E-state index contributed by atoms with van der Waals surface area (Å²) < 4.78 is 4.83. The molecule has 4 atom stereocenters. The summed E-state index contributed by atoms with van der Waals surface area (Å²) in [5.74, 6) is 1.60. The molecule has 1 saturated carbocycles. The van der Waals surface area contributed by atoms with E-state index >= 15 is 0 Å². The zero-order valence-electron chi connectivity index (χ0n) is 36.9. The van der Waals surface area contributed by atoms with Crippen molar-refractivity contribution in [2.24, 2.45) is 17.3 Å². The first-order chi connectivity index (χ1) is 30.0. The van der Waals surface area contributed by atoms with Gasteiger partial charge in [-0.25, -0.2) is 14.8 Å². The molecule has 4 heterocycles. The van der Waals surface area contributed by atoms with Crippen LogP contribution in [0.3, 0.4) is 0 Å². The highest BCUT2D eigenvalue weighted by Crippen LogP contribution is 2.53. The second kappa shape index (κ2) is 16.8. The van der Waals surface area contributed by atoms with Crippen LogP contribution in [0, 0.1) is 17.3 Å². The molecule has 2 fully saturated rings. The van der Waals surface area contributed by atoms with Gasteiger partial charge in [-0.2, -0.15) is 0 Å². The molecule has 9 rings (SSSR count). The van der Waals surface area contributed by atoms with Gasteiger partial charge in [0.05, 0.1) is 42.1 Å². The van der Waals surface area contributed by atoms with E-state index in [4.69, 9.17) is 14.7 Å². The number of nitrogens with one attached hydrogen (secondary N) is 4. The molecule has 5 aromatic rings. The predicted octanol–water partition coefficient (Wildman–Crippen LogP) is 8.67. The number of rotatable bonds is 11. The van der Waals surface area contributed by atoms with Crippen LogP contribution in [0.15, 0.2) is 72.9 Å². The van der Waals surface area contributed by atoms with E-state index in [0.29, 0.717) is 18.5 Å². The number of fused-ring (bicyclic) bond motifs is 2. The summed E-state index contributed by atoms with van der Waals surface area (Å²) >= 11 is 0. The summed E-state index contributed by atoms with van der Waals surface area (Å²) in [5, 5.41) is 5.95. The first kappa shape index (κ1) is 41.6. The van der Waals surface area contributed by atoms with Gasteiger partial charge in [0.15, 0.2) is 0 Å². The number of methoxy groups -OCH3 is 1. The Balaban J connectivity index is 0.978. The molecule has 2 aromatic heterocycles. The Bertz CT molecular complexity index is 2510. The molecule has 1 spiro atoms. The van der Waals surface area contributed by atoms with Crippen molar-refractivity contribution in [3.05, 3.63) is 95.7 Å². The van der Waals surface area contributed by atoms with E-state index in [2.05, 4.69) is 95.1 Å². The number of carbonyl (C=O) groups excluding carboxylic acids is 3. The first-order valence-corrected chi connectivity index (χ1v) is 22.6. The summed E-state index contributed by atoms with van der Waals surface area (Å²) in [6.45, 7) is 9.17. The Kier molecular flexibility index (Phi) is 11.3. The summed E-state index contributed by atoms with van der Waals surface area (Å²) in [4.78, 5) is 60.1. The molecular weight excluding hydrogens is 777 g/mol. The lowest BCUT2D eigenvalue weighted by Gasteiger charge is -2.29. The smallest absolute Gasteiger partial charge is 0.407 e. The molecule has 4 N–H and O–H groups in total. The number of likely N-dealkylation sites (tertiary alicyclic amines) is 1. The van der Waals surface area contributed by atoms with Crippen LogP contribution in [0.1, 0.15) is 101 Å². The number of likely N-dealkylation sites (N-methyl/N-ethyl adjacent to an activating group) is 1. The van der Waals surface area contributed by atoms with E-state index in [9.17, 15) is 14.4 Å². The lowest BCUT2D eigenvalue weighted by atomic mass is 9.82. The highest BCUT2D eigenvalue weighted by atomic mass is 16.5. The van der Waals surface area contributed by atoms with Crippen LogP contribution in [0.5, 0.6) is 0 Å². The summed E-state index contributed by atoms with van der Waals surface area (Å²) in [7, 11) is 3.16. The van der Waals surface area contributed by atoms with Crippen molar-refractivity contribution in [2.45, 2.75) is 103 Å². The van der Waals surface area contributed by atoms with Gasteiger partial charge in [-0.05, 0) is 114 Å². The normalized spacial score (nSPS) is 20.2. The maximum Gasteiger partial charge on any atom is 0.407 e. The van der Waals surface area contributed by atoms with E-state index in [1.165, 1.54) is 66.2 Å². The lowest BCUT2D eigenvalue weighted by molar-refractivity contribution is -0.136. The van der Waals surface area contributed by atoms with E-state index in [-0.39, 0.29) is 41.8 Å². The minimum absolute atomic E-state index is 0.0857. The third-order valence-electron chi connectivity index (χ3n) is 14.1. The molecule has 324 valence electrons. The van der Waals surface area contributed by atoms with Crippen molar-refractivity contribution < 1.29 is 19.1 Å². The van der Waals surface area contributed by atoms with Crippen LogP contribution < -0.4 is 10.6 Å². The standard InChI is InChI=1S/C50H60N8O4/c1-29(2)43(51-5)47(59)57-23-9-11-41(57)45-52-28-40(55-45)32-15-13-31(14-16-32)34-18-19-35(37-27-50(26-36(34)37)21-7-8-22-50)33-17-20-38-39(25-33)54-46(53-38)42-12-10-24-58(42)48(60)44(30(3)4)56-49(61)62-6/h9,11,13-20,25,28-30,41-44,51H,7-8,10,12,21-24,26-27H2,1-6H3,(H,52,55)(H,53,54)(H,56,61). The molecule has 3 aromatic carbocycles. The van der Waals surface area contributed by atoms with Crippen LogP contribution >= 0.6 is 0 Å². The zero-order valence-corrected chi connectivity index (χ0v) is 36.9. The molecule has 62 heavy (non-hydrogen) atoms. The van der Waals surface area contributed by atoms with Gasteiger partial charge in [0, 0.05) is 13.1 Å². The highest BCUT2D eigenvalue weighted by molar-refractivity contribution is 5.88. The quantitative estimate of drug-likeness (QED) is 0.0974. The SMILES string of the molecule is CNC(C(=O)N1CC=CC1c1ncc(-c2ccc(-c3ccc(-c4ccc5nc(C6CCCN6C(=O)C(NC(=O)OC)C(C)C)[nH]c5c4)c4c3CC3(CCCC3)C4)cc2)[nH]1)C(C)C. The van der Waals surface area contributed by atoms with Crippen LogP contribution in [0.4, 0.5) is 4.79 Å². The second-order valence-electron chi connectivity index (χ2n) is 18.7. The number of H-pyrrole nitrogens is 2. The van der Waals surface area contributed by atoms with Crippen LogP contribution in [-0.4, -0.2) is 87.0 Å². The van der Waals surface area contributed by atoms with Crippen molar-refractivity contribution in [3.63, 3.8) is 0 Å². The van der Waals surface area contributed by atoms with Gasteiger partial charge in [0.2, 0.25) is 11.8 Å². The third kappa shape index (κ3) is 7.60. The maximum absolute atomic E-state index is 13.8. The number of nitrogens with zero attached hydrogens (tertiary/aromatic N) is 4. The van der Waals surface area contributed by atoms with Gasteiger partial charge < -0.3 is 35.1 Å². The van der Waals surface area contributed by atoms with E-state index in [1.807, 2.05) is 43.0 Å². The minimum Gasteiger partial charge on any atom is -0.453 e. The van der Waals surface area contributed by atoms with E-state index < -0.39 is 12.1 Å². The number of hydrogen-bond donors (Lipinski definition) is 4. The summed E-state index contributed by atoms with van der Waals surface area (Å²) in [6.07, 6.45) is 14.3. The van der Waals surface area contributed by atoms with Gasteiger partial charge in [0.1, 0.15) is 23.7 Å². The predicted molar refractivity (Wildman–Crippen MR) is 242 cm³/mol. The fourth-order valence-electron chi connectivity index (χ4n) is 10.8. The Morgan fingerprint density at radius 3 is 2.15 bits per heavy atom. The average Bonchev–Trinajstić information content (AvgIpc) is 4.13. The van der Waals surface area contributed by atoms with Gasteiger partial charge >= 0.3 is 6.09 Å². The fraction of sp³-hybridized carbons (Fsp3) is 0.460. The molecule has 3 amide bonds. The van der Waals surface area contributed by atoms with Crippen LogP contribution in [0.25, 0.3) is 44.5 Å². The van der Waals surface area contributed by atoms with Gasteiger partial charge in [-0.1, -0.05) is 95.2 Å². The number of imidazole rings is 2. The largest absolute Gasteiger partial charge is 0.453 e. The van der Waals surface area contributed by atoms with Crippen molar-refractivity contribution in [1.29, 1.82) is 0 Å². The summed E-state index contributed by atoms with van der Waals surface area (Å²) in [6, 6.07) is 18.6. The zero-order chi connectivity index (χ0) is 43.3. The Labute approximate surface area is 364 Å². The Hall–Kier alpha value is -5.75. The fourth-order valence-corrected chi connectivity index (χ4v) is 10.8. The molecule has 2 aliphatic carbocycles. The maximum atomic E-state index is 13.8. The van der Waals surface area contributed by atoms with E-state index in [0.717, 1.165) is 59.6 Å². The summed E-state index contributed by atoms with van der Waals surface area (Å²) in [5.41, 5.74) is 12.0. The second-order valence-corrected chi connectivity index (χ2v) is 18.7. The topological polar surface area (TPSA) is 148 Å². The van der Waals surface area contributed by atoms with Crippen molar-refractivity contribution in [3.8, 4) is 33.5 Å². The minimum atomic E-state index is -0.679. The molecule has 4 aliphatic rings. The molecule has 1 saturated heterocycles. The molecule has 0 radical (unpaired) electrons. The van der Waals surface area contributed by atoms with Crippen molar-refractivity contribution in [1.82, 2.24) is 40.4 Å². The molecule has 4 unspecified atom stereocenters. The van der Waals surface area contributed by atoms with E-state index in [1.54, 1.807) is 0 Å². The monoisotopic (exact) mass is 836 g/mol. The Morgan fingerprint density at radius 2 is 1.47 bits per heavy atom. The lowest BCUT2D eigenvalue weighted by Crippen LogP contribution is -2.51. The third-order valence-corrected chi connectivity index (χ3v) is 14.1. The molecular formula is C50H60N8O4.